The highest BCUT2D eigenvalue weighted by molar-refractivity contribution is 5.89. The molecular weight excluding hydrogens is 672 g/mol. The summed E-state index contributed by atoms with van der Waals surface area (Å²) in [4.78, 5) is 37.2. The molecule has 10 nitrogen and oxygen atoms in total. The standard InChI is InChI=1S/C34H37F6N5O5/c1-4-32(41)17-25(29-27(45(32)31(47)48)8-9-28(43-29)49-3)26-7-6-23(18-42-26)44-11-10-20(30(46)50-5-2)15-24(44)14-19-12-21(33(35,36)37)16-22(13-19)34(38,39)40/h6-9,12-13,16,18,20,24-25H,4-5,10-11,14-15,17,41H2,1-3H3,(H,47,48)/t20?,24?,25-,32+/m0/s1. The van der Waals surface area contributed by atoms with E-state index in [2.05, 4.69) is 9.97 Å². The Morgan fingerprint density at radius 3 is 2.26 bits per heavy atom. The lowest BCUT2D eigenvalue weighted by Crippen LogP contribution is -2.61. The number of pyridine rings is 2. The maximum absolute atomic E-state index is 13.7. The summed E-state index contributed by atoms with van der Waals surface area (Å²) in [6.07, 6.45) is -9.07. The van der Waals surface area contributed by atoms with Crippen LogP contribution in [0, 0.1) is 5.92 Å². The number of hydrogen-bond acceptors (Lipinski definition) is 8. The minimum Gasteiger partial charge on any atom is -0.481 e. The average molecular weight is 710 g/mol. The summed E-state index contributed by atoms with van der Waals surface area (Å²) in [5.74, 6) is -1.39. The molecule has 270 valence electrons. The number of rotatable bonds is 8. The van der Waals surface area contributed by atoms with Gasteiger partial charge in [-0.15, -0.1) is 0 Å². The second-order valence-electron chi connectivity index (χ2n) is 12.5. The van der Waals surface area contributed by atoms with Gasteiger partial charge in [0, 0.05) is 30.3 Å². The maximum atomic E-state index is 13.7. The molecule has 2 aromatic heterocycles. The van der Waals surface area contributed by atoms with Crippen molar-refractivity contribution in [3.05, 3.63) is 76.7 Å². The van der Waals surface area contributed by atoms with Gasteiger partial charge in [0.1, 0.15) is 5.66 Å². The molecule has 3 N–H and O–H groups in total. The number of aromatic nitrogens is 2. The Morgan fingerprint density at radius 2 is 1.72 bits per heavy atom. The van der Waals surface area contributed by atoms with E-state index in [-0.39, 0.29) is 62.0 Å². The van der Waals surface area contributed by atoms with Crippen molar-refractivity contribution in [3.8, 4) is 5.88 Å². The van der Waals surface area contributed by atoms with E-state index in [1.165, 1.54) is 19.4 Å². The van der Waals surface area contributed by atoms with Gasteiger partial charge in [-0.25, -0.2) is 9.78 Å². The number of carbonyl (C=O) groups excluding carboxylic acids is 1. The Hall–Kier alpha value is -4.60. The minimum atomic E-state index is -5.01. The van der Waals surface area contributed by atoms with Crippen molar-refractivity contribution >= 4 is 23.4 Å². The molecule has 0 saturated carbocycles. The van der Waals surface area contributed by atoms with E-state index < -0.39 is 59.1 Å². The Bertz CT molecular complexity index is 1690. The molecule has 16 heteroatoms. The van der Waals surface area contributed by atoms with E-state index in [9.17, 15) is 41.0 Å². The minimum absolute atomic E-state index is 0.0876. The molecule has 4 heterocycles. The van der Waals surface area contributed by atoms with Crippen LogP contribution in [0.2, 0.25) is 0 Å². The maximum Gasteiger partial charge on any atom is 0.416 e. The number of piperidine rings is 1. The van der Waals surface area contributed by atoms with Gasteiger partial charge < -0.3 is 25.2 Å². The third-order valence-electron chi connectivity index (χ3n) is 9.38. The number of carboxylic acid groups (broad SMARTS) is 1. The largest absolute Gasteiger partial charge is 0.481 e. The first-order chi connectivity index (χ1) is 23.5. The van der Waals surface area contributed by atoms with Crippen molar-refractivity contribution in [1.82, 2.24) is 9.97 Å². The second kappa shape index (κ2) is 14.0. The average Bonchev–Trinajstić information content (AvgIpc) is 3.06. The fraction of sp³-hybridized carbons (Fsp3) is 0.471. The smallest absolute Gasteiger partial charge is 0.416 e. The number of hydrogen-bond donors (Lipinski definition) is 2. The first-order valence-corrected chi connectivity index (χ1v) is 16.0. The molecule has 2 unspecified atom stereocenters. The number of ether oxygens (including phenoxy) is 2. The van der Waals surface area contributed by atoms with Crippen LogP contribution in [0.15, 0.2) is 48.7 Å². The highest BCUT2D eigenvalue weighted by atomic mass is 19.4. The van der Waals surface area contributed by atoms with Gasteiger partial charge in [0.2, 0.25) is 5.88 Å². The first kappa shape index (κ1) is 36.7. The Kier molecular flexibility index (Phi) is 10.2. The molecule has 1 saturated heterocycles. The lowest BCUT2D eigenvalue weighted by atomic mass is 9.81. The monoisotopic (exact) mass is 709 g/mol. The molecule has 2 aliphatic rings. The third-order valence-corrected chi connectivity index (χ3v) is 9.38. The number of esters is 1. The topological polar surface area (TPSA) is 131 Å². The van der Waals surface area contributed by atoms with E-state index in [0.717, 1.165) is 4.90 Å². The number of halogens is 6. The summed E-state index contributed by atoms with van der Waals surface area (Å²) in [6, 6.07) is 7.35. The highest BCUT2D eigenvalue weighted by Crippen LogP contribution is 2.46. The number of alkyl halides is 6. The lowest BCUT2D eigenvalue weighted by molar-refractivity contribution is -0.149. The third kappa shape index (κ3) is 7.44. The summed E-state index contributed by atoms with van der Waals surface area (Å²) in [6.45, 7) is 3.78. The molecule has 1 amide bonds. The van der Waals surface area contributed by atoms with Crippen molar-refractivity contribution in [1.29, 1.82) is 0 Å². The van der Waals surface area contributed by atoms with E-state index in [4.69, 9.17) is 15.2 Å². The number of nitrogens with zero attached hydrogens (tertiary/aromatic N) is 4. The van der Waals surface area contributed by atoms with E-state index >= 15 is 0 Å². The molecular formula is C34H37F6N5O5. The molecule has 4 atom stereocenters. The highest BCUT2D eigenvalue weighted by Gasteiger charge is 2.46. The predicted octanol–water partition coefficient (Wildman–Crippen LogP) is 7.00. The summed E-state index contributed by atoms with van der Waals surface area (Å²) in [7, 11) is 1.43. The van der Waals surface area contributed by atoms with Crippen LogP contribution in [0.5, 0.6) is 5.88 Å². The van der Waals surface area contributed by atoms with Crippen molar-refractivity contribution in [3.63, 3.8) is 0 Å². The van der Waals surface area contributed by atoms with Crippen molar-refractivity contribution < 1.29 is 50.5 Å². The zero-order valence-electron chi connectivity index (χ0n) is 27.5. The quantitative estimate of drug-likeness (QED) is 0.188. The lowest BCUT2D eigenvalue weighted by Gasteiger charge is -2.45. The predicted molar refractivity (Wildman–Crippen MR) is 170 cm³/mol. The fourth-order valence-electron chi connectivity index (χ4n) is 6.87. The SMILES string of the molecule is CCOC(=O)C1CCN(c2ccc([C@@H]3C[C@@](N)(CC)N(C(=O)O)c4ccc(OC)nc43)nc2)C(Cc2cc(C(F)(F)F)cc(C(F)(F)F)c2)C1. The van der Waals surface area contributed by atoms with E-state index in [1.807, 2.05) is 4.90 Å². The molecule has 0 bridgehead atoms. The molecule has 5 rings (SSSR count). The Labute approximate surface area is 284 Å². The van der Waals surface area contributed by atoms with Crippen LogP contribution in [0.4, 0.5) is 42.5 Å². The molecule has 0 radical (unpaired) electrons. The molecule has 50 heavy (non-hydrogen) atoms. The Balaban J connectivity index is 1.51. The Morgan fingerprint density at radius 1 is 1.04 bits per heavy atom. The van der Waals surface area contributed by atoms with Crippen LogP contribution < -0.4 is 20.3 Å². The fourth-order valence-corrected chi connectivity index (χ4v) is 6.87. The molecule has 0 aliphatic carbocycles. The van der Waals surface area contributed by atoms with Crippen molar-refractivity contribution in [2.45, 2.75) is 75.9 Å². The number of benzene rings is 1. The number of anilines is 2. The van der Waals surface area contributed by atoms with Crippen molar-refractivity contribution in [2.24, 2.45) is 11.7 Å². The molecule has 2 aliphatic heterocycles. The van der Waals surface area contributed by atoms with Gasteiger partial charge in [-0.05, 0) is 81.0 Å². The van der Waals surface area contributed by atoms with Gasteiger partial charge in [0.25, 0.3) is 0 Å². The van der Waals surface area contributed by atoms with Gasteiger partial charge in [-0.1, -0.05) is 6.92 Å². The van der Waals surface area contributed by atoms with Crippen LogP contribution in [0.3, 0.4) is 0 Å². The van der Waals surface area contributed by atoms with Crippen molar-refractivity contribution in [2.75, 3.05) is 30.1 Å². The number of amides is 1. The van der Waals surface area contributed by atoms with E-state index in [0.29, 0.717) is 35.6 Å². The zero-order chi connectivity index (χ0) is 36.6. The van der Waals surface area contributed by atoms with Crippen LogP contribution in [0.1, 0.15) is 73.5 Å². The normalized spacial score (nSPS) is 22.6. The summed E-state index contributed by atoms with van der Waals surface area (Å²) >= 11 is 0. The van der Waals surface area contributed by atoms with Gasteiger partial charge in [0.15, 0.2) is 0 Å². The summed E-state index contributed by atoms with van der Waals surface area (Å²) < 4.78 is 92.5. The van der Waals surface area contributed by atoms with Crippen LogP contribution in [-0.2, 0) is 28.3 Å². The number of fused-ring (bicyclic) bond motifs is 1. The van der Waals surface area contributed by atoms with Crippen LogP contribution in [0.25, 0.3) is 0 Å². The van der Waals surface area contributed by atoms with Gasteiger partial charge in [0.05, 0.1) is 54.0 Å². The van der Waals surface area contributed by atoms with Crippen LogP contribution >= 0.6 is 0 Å². The number of methoxy groups -OCH3 is 1. The molecule has 1 fully saturated rings. The second-order valence-corrected chi connectivity index (χ2v) is 12.5. The summed E-state index contributed by atoms with van der Waals surface area (Å²) in [5.41, 5.74) is 4.06. The molecule has 3 aromatic rings. The number of carbonyl (C=O) groups is 2. The van der Waals surface area contributed by atoms with E-state index in [1.54, 1.807) is 32.0 Å². The van der Waals surface area contributed by atoms with Gasteiger partial charge >= 0.3 is 24.4 Å². The zero-order valence-corrected chi connectivity index (χ0v) is 27.5. The molecule has 1 aromatic carbocycles. The van der Waals surface area contributed by atoms with Gasteiger partial charge in [-0.3, -0.25) is 14.7 Å². The number of nitrogens with two attached hydrogens (primary N) is 1. The van der Waals surface area contributed by atoms with Crippen LogP contribution in [-0.4, -0.2) is 59.1 Å². The van der Waals surface area contributed by atoms with Gasteiger partial charge in [-0.2, -0.15) is 26.3 Å². The molecule has 0 spiro atoms. The summed E-state index contributed by atoms with van der Waals surface area (Å²) in [5, 5.41) is 10.1. The first-order valence-electron chi connectivity index (χ1n) is 16.0.